The van der Waals surface area contributed by atoms with Crippen LogP contribution >= 0.6 is 0 Å². The van der Waals surface area contributed by atoms with E-state index in [0.29, 0.717) is 24.3 Å². The molecule has 1 aromatic rings. The number of ether oxygens (including phenoxy) is 1. The SMILES string of the molecule is CCN(CC)C(=O)CCN(C(C)=O)c1ccccc1C(=O)OC. The Hall–Kier alpha value is -2.37. The maximum absolute atomic E-state index is 12.1. The molecule has 0 unspecified atom stereocenters. The van der Waals surface area contributed by atoms with E-state index in [-0.39, 0.29) is 24.8 Å². The van der Waals surface area contributed by atoms with E-state index in [1.165, 1.54) is 18.9 Å². The molecule has 0 N–H and O–H groups in total. The summed E-state index contributed by atoms with van der Waals surface area (Å²) in [6.07, 6.45) is 0.205. The molecular weight excluding hydrogens is 296 g/mol. The fraction of sp³-hybridized carbons (Fsp3) is 0.471. The van der Waals surface area contributed by atoms with Crippen molar-refractivity contribution in [3.63, 3.8) is 0 Å². The summed E-state index contributed by atoms with van der Waals surface area (Å²) in [5.74, 6) is -0.757. The fourth-order valence-electron chi connectivity index (χ4n) is 2.38. The minimum Gasteiger partial charge on any atom is -0.465 e. The molecule has 0 radical (unpaired) electrons. The van der Waals surface area contributed by atoms with E-state index < -0.39 is 5.97 Å². The molecule has 0 aliphatic carbocycles. The zero-order chi connectivity index (χ0) is 17.4. The molecule has 0 aliphatic rings. The maximum atomic E-state index is 12.1. The van der Waals surface area contributed by atoms with Crippen LogP contribution in [0.2, 0.25) is 0 Å². The summed E-state index contributed by atoms with van der Waals surface area (Å²) in [5, 5.41) is 0. The average Bonchev–Trinajstić information content (AvgIpc) is 2.55. The number of hydrogen-bond acceptors (Lipinski definition) is 4. The van der Waals surface area contributed by atoms with Crippen molar-refractivity contribution < 1.29 is 19.1 Å². The Morgan fingerprint density at radius 3 is 2.22 bits per heavy atom. The molecule has 0 heterocycles. The predicted molar refractivity (Wildman–Crippen MR) is 88.4 cm³/mol. The van der Waals surface area contributed by atoms with Gasteiger partial charge >= 0.3 is 5.97 Å². The predicted octanol–water partition coefficient (Wildman–Crippen LogP) is 2.08. The molecule has 2 amide bonds. The van der Waals surface area contributed by atoms with Gasteiger partial charge in [-0.15, -0.1) is 0 Å². The zero-order valence-electron chi connectivity index (χ0n) is 14.2. The van der Waals surface area contributed by atoms with Gasteiger partial charge in [0.15, 0.2) is 0 Å². The zero-order valence-corrected chi connectivity index (χ0v) is 14.2. The van der Waals surface area contributed by atoms with Gasteiger partial charge in [-0.05, 0) is 26.0 Å². The maximum Gasteiger partial charge on any atom is 0.339 e. The van der Waals surface area contributed by atoms with E-state index in [9.17, 15) is 14.4 Å². The van der Waals surface area contributed by atoms with Crippen LogP contribution in [0.15, 0.2) is 24.3 Å². The van der Waals surface area contributed by atoms with Crippen LogP contribution in [0.4, 0.5) is 5.69 Å². The van der Waals surface area contributed by atoms with Crippen LogP contribution in [0.1, 0.15) is 37.6 Å². The van der Waals surface area contributed by atoms with Gasteiger partial charge < -0.3 is 14.5 Å². The molecule has 1 rings (SSSR count). The molecule has 0 aromatic heterocycles. The molecule has 126 valence electrons. The Balaban J connectivity index is 2.99. The summed E-state index contributed by atoms with van der Waals surface area (Å²) in [4.78, 5) is 39.1. The second-order valence-corrected chi connectivity index (χ2v) is 5.00. The van der Waals surface area contributed by atoms with E-state index in [2.05, 4.69) is 0 Å². The van der Waals surface area contributed by atoms with Crippen LogP contribution in [0.25, 0.3) is 0 Å². The van der Waals surface area contributed by atoms with Crippen LogP contribution in [0.3, 0.4) is 0 Å². The summed E-state index contributed by atoms with van der Waals surface area (Å²) >= 11 is 0. The molecule has 6 nitrogen and oxygen atoms in total. The van der Waals surface area contributed by atoms with Crippen LogP contribution < -0.4 is 4.90 Å². The number of carbonyl (C=O) groups is 3. The Morgan fingerprint density at radius 1 is 1.09 bits per heavy atom. The second-order valence-electron chi connectivity index (χ2n) is 5.00. The summed E-state index contributed by atoms with van der Waals surface area (Å²) in [5.41, 5.74) is 0.764. The molecule has 23 heavy (non-hydrogen) atoms. The largest absolute Gasteiger partial charge is 0.465 e. The third kappa shape index (κ3) is 4.81. The number of nitrogens with zero attached hydrogens (tertiary/aromatic N) is 2. The summed E-state index contributed by atoms with van der Waals surface area (Å²) in [7, 11) is 1.29. The normalized spacial score (nSPS) is 10.1. The first-order chi connectivity index (χ1) is 11.0. The number of methoxy groups -OCH3 is 1. The molecule has 6 heteroatoms. The molecule has 1 aromatic carbocycles. The number of benzene rings is 1. The first kappa shape index (κ1) is 18.7. The third-order valence-corrected chi connectivity index (χ3v) is 3.65. The van der Waals surface area contributed by atoms with Crippen LogP contribution in [0, 0.1) is 0 Å². The number of rotatable bonds is 7. The molecule has 0 spiro atoms. The van der Waals surface area contributed by atoms with Crippen molar-refractivity contribution in [2.45, 2.75) is 27.2 Å². The van der Waals surface area contributed by atoms with Crippen LogP contribution in [-0.2, 0) is 14.3 Å². The van der Waals surface area contributed by atoms with Gasteiger partial charge in [0.1, 0.15) is 0 Å². The van der Waals surface area contributed by atoms with Gasteiger partial charge in [0.05, 0.1) is 18.4 Å². The number of anilines is 1. The molecule has 0 bridgehead atoms. The number of para-hydroxylation sites is 1. The quantitative estimate of drug-likeness (QED) is 0.722. The van der Waals surface area contributed by atoms with Crippen LogP contribution in [0.5, 0.6) is 0 Å². The van der Waals surface area contributed by atoms with E-state index in [1.807, 2.05) is 13.8 Å². The lowest BCUT2D eigenvalue weighted by Crippen LogP contribution is -2.36. The highest BCUT2D eigenvalue weighted by Crippen LogP contribution is 2.22. The van der Waals surface area contributed by atoms with Gasteiger partial charge in [0.25, 0.3) is 0 Å². The smallest absolute Gasteiger partial charge is 0.339 e. The topological polar surface area (TPSA) is 66.9 Å². The highest BCUT2D eigenvalue weighted by Gasteiger charge is 2.21. The van der Waals surface area contributed by atoms with Crippen molar-refractivity contribution in [2.24, 2.45) is 0 Å². The standard InChI is InChI=1S/C17H24N2O4/c1-5-18(6-2)16(21)11-12-19(13(3)20)15-10-8-7-9-14(15)17(22)23-4/h7-10H,5-6,11-12H2,1-4H3. The van der Waals surface area contributed by atoms with E-state index in [1.54, 1.807) is 29.2 Å². The van der Waals surface area contributed by atoms with E-state index in [0.717, 1.165) is 0 Å². The lowest BCUT2D eigenvalue weighted by molar-refractivity contribution is -0.130. The Morgan fingerprint density at radius 2 is 1.70 bits per heavy atom. The molecule has 0 saturated carbocycles. The van der Waals surface area contributed by atoms with Gasteiger partial charge in [-0.3, -0.25) is 9.59 Å². The van der Waals surface area contributed by atoms with Gasteiger partial charge in [0.2, 0.25) is 11.8 Å². The summed E-state index contributed by atoms with van der Waals surface area (Å²) in [6, 6.07) is 6.72. The Labute approximate surface area is 137 Å². The monoisotopic (exact) mass is 320 g/mol. The fourth-order valence-corrected chi connectivity index (χ4v) is 2.38. The molecule has 0 atom stereocenters. The third-order valence-electron chi connectivity index (χ3n) is 3.65. The van der Waals surface area contributed by atoms with Crippen molar-refractivity contribution in [1.29, 1.82) is 0 Å². The minimum atomic E-state index is -0.512. The van der Waals surface area contributed by atoms with Gasteiger partial charge in [-0.1, -0.05) is 12.1 Å². The molecular formula is C17H24N2O4. The molecule has 0 fully saturated rings. The summed E-state index contributed by atoms with van der Waals surface area (Å²) < 4.78 is 4.75. The summed E-state index contributed by atoms with van der Waals surface area (Å²) in [6.45, 7) is 6.73. The van der Waals surface area contributed by atoms with Crippen molar-refractivity contribution in [1.82, 2.24) is 4.90 Å². The van der Waals surface area contributed by atoms with Crippen molar-refractivity contribution in [2.75, 3.05) is 31.6 Å². The number of esters is 1. The first-order valence-electron chi connectivity index (χ1n) is 7.69. The van der Waals surface area contributed by atoms with Gasteiger partial charge in [-0.25, -0.2) is 4.79 Å². The van der Waals surface area contributed by atoms with Gasteiger partial charge in [-0.2, -0.15) is 0 Å². The lowest BCUT2D eigenvalue weighted by atomic mass is 10.1. The van der Waals surface area contributed by atoms with Crippen molar-refractivity contribution in [3.8, 4) is 0 Å². The number of carbonyl (C=O) groups excluding carboxylic acids is 3. The van der Waals surface area contributed by atoms with Crippen molar-refractivity contribution >= 4 is 23.5 Å². The molecule has 0 aliphatic heterocycles. The first-order valence-corrected chi connectivity index (χ1v) is 7.69. The van der Waals surface area contributed by atoms with E-state index in [4.69, 9.17) is 4.74 Å². The van der Waals surface area contributed by atoms with Crippen LogP contribution in [-0.4, -0.2) is 49.4 Å². The Bertz CT molecular complexity index is 567. The van der Waals surface area contributed by atoms with Gasteiger partial charge in [0, 0.05) is 33.0 Å². The molecule has 0 saturated heterocycles. The average molecular weight is 320 g/mol. The highest BCUT2D eigenvalue weighted by atomic mass is 16.5. The number of amides is 2. The number of hydrogen-bond donors (Lipinski definition) is 0. The second kappa shape index (κ2) is 8.92. The lowest BCUT2D eigenvalue weighted by Gasteiger charge is -2.25. The Kier molecular flexibility index (Phi) is 7.25. The highest BCUT2D eigenvalue weighted by molar-refractivity contribution is 6.02. The minimum absolute atomic E-state index is 0.0169. The van der Waals surface area contributed by atoms with E-state index >= 15 is 0 Å². The van der Waals surface area contributed by atoms with Crippen molar-refractivity contribution in [3.05, 3.63) is 29.8 Å².